The minimum absolute atomic E-state index is 0.819. The zero-order valence-corrected chi connectivity index (χ0v) is 9.47. The Bertz CT molecular complexity index is 133. The van der Waals surface area contributed by atoms with Crippen molar-refractivity contribution in [3.05, 3.63) is 0 Å². The average Bonchev–Trinajstić information content (AvgIpc) is 2.52. The van der Waals surface area contributed by atoms with E-state index in [9.17, 15) is 0 Å². The minimum atomic E-state index is 0.819. The maximum Gasteiger partial charge on any atom is 0.00924 e. The molecule has 0 heterocycles. The second-order valence-corrected chi connectivity index (χ2v) is 4.72. The molecule has 1 fully saturated rings. The van der Waals surface area contributed by atoms with Crippen molar-refractivity contribution >= 4 is 0 Å². The molecule has 1 aliphatic rings. The minimum Gasteiger partial charge on any atom is -0.317 e. The van der Waals surface area contributed by atoms with E-state index in [1.165, 1.54) is 38.5 Å². The molecule has 1 rings (SSSR count). The summed E-state index contributed by atoms with van der Waals surface area (Å²) in [6, 6.07) is 0.819. The summed E-state index contributed by atoms with van der Waals surface area (Å²) in [5, 5.41) is 3.46. The van der Waals surface area contributed by atoms with Crippen molar-refractivity contribution in [2.24, 2.45) is 11.8 Å². The molecule has 13 heavy (non-hydrogen) atoms. The van der Waals surface area contributed by atoms with Crippen LogP contribution in [0, 0.1) is 11.8 Å². The fraction of sp³-hybridized carbons (Fsp3) is 1.00. The number of hydrogen-bond acceptors (Lipinski definition) is 1. The van der Waals surface area contributed by atoms with Crippen LogP contribution in [-0.4, -0.2) is 13.1 Å². The molecule has 1 N–H and O–H groups in total. The van der Waals surface area contributed by atoms with Crippen LogP contribution in [0.15, 0.2) is 0 Å². The van der Waals surface area contributed by atoms with Crippen LogP contribution in [-0.2, 0) is 0 Å². The lowest BCUT2D eigenvalue weighted by Gasteiger charge is -2.22. The van der Waals surface area contributed by atoms with Crippen LogP contribution in [0.5, 0.6) is 0 Å². The van der Waals surface area contributed by atoms with Crippen LogP contribution >= 0.6 is 0 Å². The van der Waals surface area contributed by atoms with E-state index in [2.05, 4.69) is 26.2 Å². The molecule has 0 radical (unpaired) electrons. The largest absolute Gasteiger partial charge is 0.317 e. The Morgan fingerprint density at radius 1 is 1.38 bits per heavy atom. The Hall–Kier alpha value is -0.0400. The Morgan fingerprint density at radius 2 is 2.15 bits per heavy atom. The molecular weight excluding hydrogens is 158 g/mol. The van der Waals surface area contributed by atoms with E-state index in [0.29, 0.717) is 0 Å². The molecule has 1 nitrogen and oxygen atoms in total. The van der Waals surface area contributed by atoms with E-state index in [1.807, 2.05) is 0 Å². The first-order valence-electron chi connectivity index (χ1n) is 5.95. The monoisotopic (exact) mass is 183 g/mol. The molecule has 0 aromatic carbocycles. The summed E-state index contributed by atoms with van der Waals surface area (Å²) >= 11 is 0. The average molecular weight is 183 g/mol. The van der Waals surface area contributed by atoms with Gasteiger partial charge in [0.2, 0.25) is 0 Å². The molecule has 0 aliphatic heterocycles. The van der Waals surface area contributed by atoms with Gasteiger partial charge in [-0.25, -0.2) is 0 Å². The van der Waals surface area contributed by atoms with Gasteiger partial charge >= 0.3 is 0 Å². The van der Waals surface area contributed by atoms with Crippen molar-refractivity contribution in [1.29, 1.82) is 0 Å². The Morgan fingerprint density at radius 3 is 2.77 bits per heavy atom. The van der Waals surface area contributed by atoms with Gasteiger partial charge in [-0.05, 0) is 38.1 Å². The highest BCUT2D eigenvalue weighted by Crippen LogP contribution is 2.31. The number of rotatable bonds is 5. The van der Waals surface area contributed by atoms with Crippen molar-refractivity contribution < 1.29 is 0 Å². The third kappa shape index (κ3) is 3.30. The normalized spacial score (nSPS) is 30.7. The predicted molar refractivity (Wildman–Crippen MR) is 58.9 cm³/mol. The van der Waals surface area contributed by atoms with Crippen molar-refractivity contribution in [1.82, 2.24) is 5.32 Å². The second kappa shape index (κ2) is 5.64. The molecule has 1 aliphatic carbocycles. The molecule has 0 aromatic rings. The molecule has 1 heteroatoms. The van der Waals surface area contributed by atoms with E-state index < -0.39 is 0 Å². The van der Waals surface area contributed by atoms with Gasteiger partial charge in [-0.3, -0.25) is 0 Å². The van der Waals surface area contributed by atoms with Crippen LogP contribution in [0.25, 0.3) is 0 Å². The van der Waals surface area contributed by atoms with Crippen molar-refractivity contribution in [3.63, 3.8) is 0 Å². The van der Waals surface area contributed by atoms with Crippen molar-refractivity contribution in [2.45, 2.75) is 58.4 Å². The van der Waals surface area contributed by atoms with Crippen molar-refractivity contribution in [2.75, 3.05) is 7.05 Å². The van der Waals surface area contributed by atoms with Gasteiger partial charge in [0.15, 0.2) is 0 Å². The first kappa shape index (κ1) is 11.0. The fourth-order valence-electron chi connectivity index (χ4n) is 2.83. The fourth-order valence-corrected chi connectivity index (χ4v) is 2.83. The lowest BCUT2D eigenvalue weighted by molar-refractivity contribution is 0.328. The lowest BCUT2D eigenvalue weighted by Crippen LogP contribution is -2.29. The topological polar surface area (TPSA) is 12.0 Å². The van der Waals surface area contributed by atoms with Crippen LogP contribution in [0.3, 0.4) is 0 Å². The number of hydrogen-bond donors (Lipinski definition) is 1. The summed E-state index contributed by atoms with van der Waals surface area (Å²) in [5.74, 6) is 1.90. The molecule has 0 spiro atoms. The van der Waals surface area contributed by atoms with Crippen LogP contribution < -0.4 is 5.32 Å². The van der Waals surface area contributed by atoms with Crippen LogP contribution in [0.4, 0.5) is 0 Å². The van der Waals surface area contributed by atoms with Gasteiger partial charge < -0.3 is 5.32 Å². The highest BCUT2D eigenvalue weighted by atomic mass is 14.9. The van der Waals surface area contributed by atoms with Crippen LogP contribution in [0.2, 0.25) is 0 Å². The van der Waals surface area contributed by atoms with Gasteiger partial charge in [-0.1, -0.05) is 33.1 Å². The second-order valence-electron chi connectivity index (χ2n) is 4.72. The van der Waals surface area contributed by atoms with Crippen LogP contribution in [0.1, 0.15) is 52.4 Å². The highest BCUT2D eigenvalue weighted by Gasteiger charge is 2.26. The van der Waals surface area contributed by atoms with Gasteiger partial charge in [0, 0.05) is 6.04 Å². The van der Waals surface area contributed by atoms with Crippen molar-refractivity contribution in [3.8, 4) is 0 Å². The summed E-state index contributed by atoms with van der Waals surface area (Å²) in [7, 11) is 2.12. The summed E-state index contributed by atoms with van der Waals surface area (Å²) in [6.45, 7) is 4.70. The molecular formula is C12H25N. The van der Waals surface area contributed by atoms with E-state index in [1.54, 1.807) is 0 Å². The highest BCUT2D eigenvalue weighted by molar-refractivity contribution is 4.82. The molecule has 3 atom stereocenters. The zero-order chi connectivity index (χ0) is 9.68. The summed E-state index contributed by atoms with van der Waals surface area (Å²) in [4.78, 5) is 0. The van der Waals surface area contributed by atoms with E-state index >= 15 is 0 Å². The third-order valence-electron chi connectivity index (χ3n) is 3.52. The summed E-state index contributed by atoms with van der Waals surface area (Å²) in [6.07, 6.45) is 8.50. The maximum atomic E-state index is 3.46. The lowest BCUT2D eigenvalue weighted by atomic mass is 9.89. The molecule has 78 valence electrons. The van der Waals surface area contributed by atoms with E-state index in [-0.39, 0.29) is 0 Å². The Labute approximate surface area is 83.3 Å². The standard InChI is InChI=1S/C12H25N/c1-4-6-10(2)9-11-7-5-8-12(11)13-3/h10-13H,4-9H2,1-3H3. The maximum absolute atomic E-state index is 3.46. The first-order valence-corrected chi connectivity index (χ1v) is 5.95. The van der Waals surface area contributed by atoms with E-state index in [4.69, 9.17) is 0 Å². The number of nitrogens with one attached hydrogen (secondary N) is 1. The smallest absolute Gasteiger partial charge is 0.00924 e. The summed E-state index contributed by atoms with van der Waals surface area (Å²) in [5.41, 5.74) is 0. The predicted octanol–water partition coefficient (Wildman–Crippen LogP) is 3.20. The Kier molecular flexibility index (Phi) is 4.79. The molecule has 0 bridgehead atoms. The third-order valence-corrected chi connectivity index (χ3v) is 3.52. The quantitative estimate of drug-likeness (QED) is 0.690. The first-order chi connectivity index (χ1) is 6.27. The molecule has 0 amide bonds. The summed E-state index contributed by atoms with van der Waals surface area (Å²) < 4.78 is 0. The molecule has 1 saturated carbocycles. The molecule has 0 aromatic heterocycles. The van der Waals surface area contributed by atoms with Gasteiger partial charge in [0.25, 0.3) is 0 Å². The van der Waals surface area contributed by atoms with Gasteiger partial charge in [0.05, 0.1) is 0 Å². The molecule has 3 unspecified atom stereocenters. The van der Waals surface area contributed by atoms with E-state index in [0.717, 1.165) is 17.9 Å². The van der Waals surface area contributed by atoms with Gasteiger partial charge in [-0.2, -0.15) is 0 Å². The SMILES string of the molecule is CCCC(C)CC1CCCC1NC. The Balaban J connectivity index is 2.26. The molecule has 0 saturated heterocycles. The van der Waals surface area contributed by atoms with Gasteiger partial charge in [-0.15, -0.1) is 0 Å². The zero-order valence-electron chi connectivity index (χ0n) is 9.47. The van der Waals surface area contributed by atoms with Gasteiger partial charge in [0.1, 0.15) is 0 Å².